The van der Waals surface area contributed by atoms with E-state index in [2.05, 4.69) is 33.2 Å². The van der Waals surface area contributed by atoms with Gasteiger partial charge in [0.2, 0.25) is 0 Å². The fourth-order valence-electron chi connectivity index (χ4n) is 2.43. The summed E-state index contributed by atoms with van der Waals surface area (Å²) in [5.41, 5.74) is 0.207. The van der Waals surface area contributed by atoms with Crippen LogP contribution in [-0.4, -0.2) is 42.4 Å². The van der Waals surface area contributed by atoms with Gasteiger partial charge in [0.25, 0.3) is 11.6 Å². The third-order valence-corrected chi connectivity index (χ3v) is 4.64. The topological polar surface area (TPSA) is 75.5 Å². The number of benzene rings is 1. The molecule has 0 bridgehead atoms. The average molecular weight is 356 g/mol. The van der Waals surface area contributed by atoms with Gasteiger partial charge in [-0.1, -0.05) is 6.07 Å². The van der Waals surface area contributed by atoms with Crippen LogP contribution in [-0.2, 0) is 0 Å². The zero-order valence-corrected chi connectivity index (χ0v) is 13.4. The van der Waals surface area contributed by atoms with Crippen molar-refractivity contribution < 1.29 is 9.72 Å². The first-order chi connectivity index (χ1) is 9.99. The van der Waals surface area contributed by atoms with Gasteiger partial charge in [-0.25, -0.2) is 0 Å². The van der Waals surface area contributed by atoms with Crippen LogP contribution in [0.4, 0.5) is 5.69 Å². The van der Waals surface area contributed by atoms with E-state index in [4.69, 9.17) is 0 Å². The second-order valence-corrected chi connectivity index (χ2v) is 6.15. The van der Waals surface area contributed by atoms with Crippen molar-refractivity contribution in [3.05, 3.63) is 38.3 Å². The zero-order valence-electron chi connectivity index (χ0n) is 11.8. The van der Waals surface area contributed by atoms with Crippen molar-refractivity contribution >= 4 is 27.5 Å². The van der Waals surface area contributed by atoms with Gasteiger partial charge in [0.05, 0.1) is 10.5 Å². The Bertz CT molecular complexity index is 542. The van der Waals surface area contributed by atoms with Crippen molar-refractivity contribution in [3.8, 4) is 0 Å². The predicted octanol–water partition coefficient (Wildman–Crippen LogP) is 2.43. The minimum atomic E-state index is -0.502. The molecule has 1 N–H and O–H groups in total. The van der Waals surface area contributed by atoms with Gasteiger partial charge >= 0.3 is 0 Å². The number of hydrogen-bond acceptors (Lipinski definition) is 4. The normalized spacial score (nSPS) is 16.7. The third-order valence-electron chi connectivity index (χ3n) is 3.81. The van der Waals surface area contributed by atoms with Crippen LogP contribution in [0.5, 0.6) is 0 Å². The van der Waals surface area contributed by atoms with Crippen LogP contribution in [0.15, 0.2) is 22.7 Å². The largest absolute Gasteiger partial charge is 0.352 e. The van der Waals surface area contributed by atoms with E-state index in [-0.39, 0.29) is 16.1 Å². The highest BCUT2D eigenvalue weighted by Gasteiger charge is 2.21. The number of carbonyl (C=O) groups excluding carboxylic acids is 1. The standard InChI is InChI=1S/C14H18BrN3O3/c1-17-7-5-10(6-8-17)9-16-14(19)11-3-2-4-12(13(11)15)18(20)21/h2-4,10H,5-9H2,1H3,(H,16,19). The first-order valence-electron chi connectivity index (χ1n) is 6.88. The van der Waals surface area contributed by atoms with Gasteiger partial charge in [-0.05, 0) is 60.9 Å². The average Bonchev–Trinajstić information content (AvgIpc) is 2.46. The number of nitro groups is 1. The number of hydrogen-bond donors (Lipinski definition) is 1. The lowest BCUT2D eigenvalue weighted by molar-refractivity contribution is -0.385. The number of rotatable bonds is 4. The molecule has 114 valence electrons. The van der Waals surface area contributed by atoms with Gasteiger partial charge in [-0.2, -0.15) is 0 Å². The van der Waals surface area contributed by atoms with Gasteiger partial charge < -0.3 is 10.2 Å². The summed E-state index contributed by atoms with van der Waals surface area (Å²) in [6, 6.07) is 4.48. The lowest BCUT2D eigenvalue weighted by Crippen LogP contribution is -2.37. The molecule has 1 aliphatic heterocycles. The molecule has 21 heavy (non-hydrogen) atoms. The summed E-state index contributed by atoms with van der Waals surface area (Å²) in [6.45, 7) is 2.70. The van der Waals surface area contributed by atoms with Gasteiger partial charge in [0.1, 0.15) is 4.47 Å². The molecule has 2 rings (SSSR count). The van der Waals surface area contributed by atoms with E-state index in [1.165, 1.54) is 12.1 Å². The Morgan fingerprint density at radius 3 is 2.76 bits per heavy atom. The van der Waals surface area contributed by atoms with Crippen molar-refractivity contribution in [2.75, 3.05) is 26.7 Å². The number of carbonyl (C=O) groups is 1. The predicted molar refractivity (Wildman–Crippen MR) is 83.4 cm³/mol. The highest BCUT2D eigenvalue weighted by Crippen LogP contribution is 2.28. The van der Waals surface area contributed by atoms with Crippen molar-refractivity contribution in [2.45, 2.75) is 12.8 Å². The Labute approximate surface area is 131 Å². The molecular weight excluding hydrogens is 338 g/mol. The molecule has 6 nitrogen and oxygen atoms in total. The van der Waals surface area contributed by atoms with Crippen LogP contribution in [0.25, 0.3) is 0 Å². The van der Waals surface area contributed by atoms with E-state index in [1.807, 2.05) is 0 Å². The van der Waals surface area contributed by atoms with E-state index in [9.17, 15) is 14.9 Å². The summed E-state index contributed by atoms with van der Waals surface area (Å²) in [7, 11) is 2.09. The van der Waals surface area contributed by atoms with Crippen LogP contribution in [0.3, 0.4) is 0 Å². The number of halogens is 1. The van der Waals surface area contributed by atoms with E-state index >= 15 is 0 Å². The molecule has 1 saturated heterocycles. The van der Waals surface area contributed by atoms with Crippen LogP contribution in [0.2, 0.25) is 0 Å². The molecular formula is C14H18BrN3O3. The Kier molecular flexibility index (Phi) is 5.30. The van der Waals surface area contributed by atoms with Crippen molar-refractivity contribution in [1.82, 2.24) is 10.2 Å². The Hall–Kier alpha value is -1.47. The maximum Gasteiger partial charge on any atom is 0.284 e. The second kappa shape index (κ2) is 7.00. The zero-order chi connectivity index (χ0) is 15.4. The van der Waals surface area contributed by atoms with Crippen LogP contribution < -0.4 is 5.32 Å². The van der Waals surface area contributed by atoms with Gasteiger partial charge in [0.15, 0.2) is 0 Å². The molecule has 1 amide bonds. The summed E-state index contributed by atoms with van der Waals surface area (Å²) < 4.78 is 0.232. The lowest BCUT2D eigenvalue weighted by Gasteiger charge is -2.28. The molecule has 0 aliphatic carbocycles. The molecule has 7 heteroatoms. The number of nitrogens with zero attached hydrogens (tertiary/aromatic N) is 2. The smallest absolute Gasteiger partial charge is 0.284 e. The first kappa shape index (κ1) is 15.9. The van der Waals surface area contributed by atoms with E-state index < -0.39 is 4.92 Å². The first-order valence-corrected chi connectivity index (χ1v) is 7.68. The molecule has 0 unspecified atom stereocenters. The van der Waals surface area contributed by atoms with Crippen molar-refractivity contribution in [2.24, 2.45) is 5.92 Å². The van der Waals surface area contributed by atoms with Crippen molar-refractivity contribution in [1.29, 1.82) is 0 Å². The molecule has 0 spiro atoms. The van der Waals surface area contributed by atoms with Gasteiger partial charge in [-0.15, -0.1) is 0 Å². The van der Waals surface area contributed by atoms with Crippen LogP contribution in [0, 0.1) is 16.0 Å². The molecule has 1 fully saturated rings. The highest BCUT2D eigenvalue weighted by atomic mass is 79.9. The summed E-state index contributed by atoms with van der Waals surface area (Å²) in [5, 5.41) is 13.8. The molecule has 1 aliphatic rings. The molecule has 0 saturated carbocycles. The Balaban J connectivity index is 1.97. The lowest BCUT2D eigenvalue weighted by atomic mass is 9.97. The monoisotopic (exact) mass is 355 g/mol. The number of nitro benzene ring substituents is 1. The summed E-state index contributed by atoms with van der Waals surface area (Å²) >= 11 is 3.15. The summed E-state index contributed by atoms with van der Waals surface area (Å²) in [6.07, 6.45) is 2.12. The number of likely N-dealkylation sites (tertiary alicyclic amines) is 1. The molecule has 1 heterocycles. The quantitative estimate of drug-likeness (QED) is 0.664. The van der Waals surface area contributed by atoms with Gasteiger partial charge in [0, 0.05) is 12.6 Å². The summed E-state index contributed by atoms with van der Waals surface area (Å²) in [4.78, 5) is 24.8. The SMILES string of the molecule is CN1CCC(CNC(=O)c2cccc([N+](=O)[O-])c2Br)CC1. The molecule has 0 aromatic heterocycles. The molecule has 0 atom stereocenters. The van der Waals surface area contributed by atoms with Crippen LogP contribution in [0.1, 0.15) is 23.2 Å². The molecule has 1 aromatic rings. The minimum absolute atomic E-state index is 0.0954. The summed E-state index contributed by atoms with van der Waals surface area (Å²) in [5.74, 6) is 0.201. The Morgan fingerprint density at radius 2 is 2.14 bits per heavy atom. The third kappa shape index (κ3) is 4.01. The van der Waals surface area contributed by atoms with E-state index in [0.29, 0.717) is 18.0 Å². The fourth-order valence-corrected chi connectivity index (χ4v) is 3.02. The number of piperidine rings is 1. The van der Waals surface area contributed by atoms with Crippen molar-refractivity contribution in [3.63, 3.8) is 0 Å². The number of amides is 1. The number of nitrogens with one attached hydrogen (secondary N) is 1. The Morgan fingerprint density at radius 1 is 1.48 bits per heavy atom. The van der Waals surface area contributed by atoms with Crippen LogP contribution >= 0.6 is 15.9 Å². The molecule has 1 aromatic carbocycles. The fraction of sp³-hybridized carbons (Fsp3) is 0.500. The minimum Gasteiger partial charge on any atom is -0.352 e. The maximum atomic E-state index is 12.2. The maximum absolute atomic E-state index is 12.2. The van der Waals surface area contributed by atoms with E-state index in [0.717, 1.165) is 25.9 Å². The molecule has 0 radical (unpaired) electrons. The van der Waals surface area contributed by atoms with Gasteiger partial charge in [-0.3, -0.25) is 14.9 Å². The highest BCUT2D eigenvalue weighted by molar-refractivity contribution is 9.10. The van der Waals surface area contributed by atoms with E-state index in [1.54, 1.807) is 6.07 Å². The second-order valence-electron chi connectivity index (χ2n) is 5.35.